The maximum Gasteiger partial charge on any atom is 0.257 e. The maximum absolute atomic E-state index is 14.1. The first kappa shape index (κ1) is 17.9. The van der Waals surface area contributed by atoms with Crippen LogP contribution in [0, 0.1) is 5.82 Å². The molecule has 1 aliphatic rings. The molecular weight excluding hydrogens is 387 g/mol. The number of hydrogen-bond donors (Lipinski definition) is 1. The van der Waals surface area contributed by atoms with Gasteiger partial charge < -0.3 is 14.8 Å². The van der Waals surface area contributed by atoms with Crippen LogP contribution in [0.1, 0.15) is 22.2 Å². The lowest BCUT2D eigenvalue weighted by molar-refractivity contribution is 0.0616. The fraction of sp³-hybridized carbons (Fsp3) is 0.333. The van der Waals surface area contributed by atoms with Gasteiger partial charge in [-0.15, -0.1) is 12.4 Å². The van der Waals surface area contributed by atoms with E-state index < -0.39 is 5.82 Å². The summed E-state index contributed by atoms with van der Waals surface area (Å²) >= 11 is 3.21. The maximum atomic E-state index is 14.1. The molecule has 1 N–H and O–H groups in total. The molecule has 5 nitrogen and oxygen atoms in total. The summed E-state index contributed by atoms with van der Waals surface area (Å²) in [4.78, 5) is 18.8. The molecule has 23 heavy (non-hydrogen) atoms. The van der Waals surface area contributed by atoms with E-state index in [1.807, 2.05) is 17.8 Å². The summed E-state index contributed by atoms with van der Waals surface area (Å²) in [7, 11) is 1.89. The van der Waals surface area contributed by atoms with Crippen LogP contribution in [0.15, 0.2) is 35.1 Å². The minimum atomic E-state index is -0.517. The van der Waals surface area contributed by atoms with Crippen LogP contribution in [0.5, 0.6) is 0 Å². The van der Waals surface area contributed by atoms with Crippen LogP contribution in [0.25, 0.3) is 0 Å². The Morgan fingerprint density at radius 1 is 1.48 bits per heavy atom. The summed E-state index contributed by atoms with van der Waals surface area (Å²) in [5, 5.41) is 3.26. The zero-order chi connectivity index (χ0) is 15.7. The average Bonchev–Trinajstić information content (AvgIpc) is 2.93. The van der Waals surface area contributed by atoms with Gasteiger partial charge in [-0.2, -0.15) is 0 Å². The van der Waals surface area contributed by atoms with Gasteiger partial charge in [0.1, 0.15) is 17.7 Å². The van der Waals surface area contributed by atoms with Crippen LogP contribution < -0.4 is 5.32 Å². The van der Waals surface area contributed by atoms with E-state index in [1.54, 1.807) is 17.2 Å². The van der Waals surface area contributed by atoms with Crippen molar-refractivity contribution in [1.29, 1.82) is 0 Å². The minimum Gasteiger partial charge on any atom is -0.336 e. The number of carbonyl (C=O) groups is 1. The Hall–Kier alpha value is -1.44. The number of benzene rings is 1. The SMILES string of the molecule is Cl.Cn1ccnc1C1CNCCN1C(=O)c1ccc(Br)cc1F. The molecule has 0 bridgehead atoms. The number of imidazole rings is 1. The number of nitrogens with one attached hydrogen (secondary N) is 1. The monoisotopic (exact) mass is 402 g/mol. The Labute approximate surface area is 148 Å². The summed E-state index contributed by atoms with van der Waals surface area (Å²) in [5.74, 6) is -0.0333. The lowest BCUT2D eigenvalue weighted by atomic mass is 10.1. The topological polar surface area (TPSA) is 50.2 Å². The van der Waals surface area contributed by atoms with E-state index in [9.17, 15) is 9.18 Å². The van der Waals surface area contributed by atoms with Gasteiger partial charge in [-0.1, -0.05) is 15.9 Å². The van der Waals surface area contributed by atoms with Gasteiger partial charge in [-0.3, -0.25) is 4.79 Å². The van der Waals surface area contributed by atoms with Gasteiger partial charge in [0, 0.05) is 43.5 Å². The molecule has 1 amide bonds. The standard InChI is InChI=1S/C15H16BrFN4O.ClH/c1-20-6-5-19-14(20)13-9-18-4-7-21(13)15(22)11-3-2-10(16)8-12(11)17;/h2-3,5-6,8,13,18H,4,7,9H2,1H3;1H. The molecule has 0 spiro atoms. The van der Waals surface area contributed by atoms with Crippen molar-refractivity contribution in [3.8, 4) is 0 Å². The number of amides is 1. The lowest BCUT2D eigenvalue weighted by Gasteiger charge is -2.35. The van der Waals surface area contributed by atoms with Gasteiger partial charge in [0.2, 0.25) is 0 Å². The van der Waals surface area contributed by atoms with Crippen molar-refractivity contribution in [3.63, 3.8) is 0 Å². The highest BCUT2D eigenvalue weighted by atomic mass is 79.9. The van der Waals surface area contributed by atoms with E-state index in [1.165, 1.54) is 12.1 Å². The number of aryl methyl sites for hydroxylation is 1. The number of nitrogens with zero attached hydrogens (tertiary/aromatic N) is 3. The Bertz CT molecular complexity index is 709. The highest BCUT2D eigenvalue weighted by Gasteiger charge is 2.32. The van der Waals surface area contributed by atoms with E-state index in [2.05, 4.69) is 26.2 Å². The second kappa shape index (κ2) is 7.42. The van der Waals surface area contributed by atoms with Crippen molar-refractivity contribution in [2.24, 2.45) is 7.05 Å². The van der Waals surface area contributed by atoms with E-state index in [0.717, 1.165) is 5.82 Å². The molecule has 1 aromatic carbocycles. The molecule has 3 rings (SSSR count). The first-order valence-corrected chi connectivity index (χ1v) is 7.81. The first-order chi connectivity index (χ1) is 10.6. The molecular formula is C15H17BrClFN4O. The molecule has 1 fully saturated rings. The van der Waals surface area contributed by atoms with Crippen molar-refractivity contribution in [2.45, 2.75) is 6.04 Å². The van der Waals surface area contributed by atoms with Gasteiger partial charge in [-0.05, 0) is 18.2 Å². The summed E-state index contributed by atoms with van der Waals surface area (Å²) in [6.45, 7) is 1.81. The van der Waals surface area contributed by atoms with Crippen molar-refractivity contribution < 1.29 is 9.18 Å². The summed E-state index contributed by atoms with van der Waals surface area (Å²) in [6.07, 6.45) is 3.54. The fourth-order valence-electron chi connectivity index (χ4n) is 2.69. The second-order valence-electron chi connectivity index (χ2n) is 5.24. The molecule has 8 heteroatoms. The van der Waals surface area contributed by atoms with Crippen molar-refractivity contribution in [3.05, 3.63) is 52.3 Å². The highest BCUT2D eigenvalue weighted by Crippen LogP contribution is 2.24. The average molecular weight is 404 g/mol. The Kier molecular flexibility index (Phi) is 5.78. The first-order valence-electron chi connectivity index (χ1n) is 7.02. The zero-order valence-corrected chi connectivity index (χ0v) is 14.9. The zero-order valence-electron chi connectivity index (χ0n) is 12.5. The van der Waals surface area contributed by atoms with E-state index in [0.29, 0.717) is 24.1 Å². The number of aromatic nitrogens is 2. The smallest absolute Gasteiger partial charge is 0.257 e. The van der Waals surface area contributed by atoms with Crippen LogP contribution in [-0.4, -0.2) is 40.0 Å². The molecule has 2 aromatic rings. The number of rotatable bonds is 2. The predicted molar refractivity (Wildman–Crippen MR) is 91.2 cm³/mol. The fourth-order valence-corrected chi connectivity index (χ4v) is 3.03. The normalized spacial score (nSPS) is 17.7. The third kappa shape index (κ3) is 3.57. The van der Waals surface area contributed by atoms with E-state index >= 15 is 0 Å². The molecule has 124 valence electrons. The minimum absolute atomic E-state index is 0. The predicted octanol–water partition coefficient (Wildman–Crippen LogP) is 2.53. The van der Waals surface area contributed by atoms with Crippen LogP contribution in [0.4, 0.5) is 4.39 Å². The van der Waals surface area contributed by atoms with Crippen molar-refractivity contribution in [1.82, 2.24) is 19.8 Å². The Morgan fingerprint density at radius 2 is 2.26 bits per heavy atom. The van der Waals surface area contributed by atoms with E-state index in [-0.39, 0.29) is 29.9 Å². The van der Waals surface area contributed by atoms with Crippen LogP contribution in [0.3, 0.4) is 0 Å². The Morgan fingerprint density at radius 3 is 2.91 bits per heavy atom. The quantitative estimate of drug-likeness (QED) is 0.838. The summed E-state index contributed by atoms with van der Waals surface area (Å²) in [5.41, 5.74) is 0.0873. The summed E-state index contributed by atoms with van der Waals surface area (Å²) in [6, 6.07) is 4.29. The molecule has 1 atom stereocenters. The molecule has 1 unspecified atom stereocenters. The summed E-state index contributed by atoms with van der Waals surface area (Å²) < 4.78 is 16.6. The molecule has 1 saturated heterocycles. The van der Waals surface area contributed by atoms with Crippen LogP contribution in [-0.2, 0) is 7.05 Å². The van der Waals surface area contributed by atoms with Crippen molar-refractivity contribution in [2.75, 3.05) is 19.6 Å². The van der Waals surface area contributed by atoms with Crippen LogP contribution in [0.2, 0.25) is 0 Å². The third-order valence-electron chi connectivity index (χ3n) is 3.82. The third-order valence-corrected chi connectivity index (χ3v) is 4.32. The van der Waals surface area contributed by atoms with Gasteiger partial charge >= 0.3 is 0 Å². The molecule has 1 aliphatic heterocycles. The van der Waals surface area contributed by atoms with Crippen molar-refractivity contribution >= 4 is 34.2 Å². The molecule has 0 radical (unpaired) electrons. The number of halogens is 3. The van der Waals surface area contributed by atoms with Gasteiger partial charge in [0.15, 0.2) is 0 Å². The number of hydrogen-bond acceptors (Lipinski definition) is 3. The number of carbonyl (C=O) groups excluding carboxylic acids is 1. The largest absolute Gasteiger partial charge is 0.336 e. The molecule has 2 heterocycles. The molecule has 0 aliphatic carbocycles. The highest BCUT2D eigenvalue weighted by molar-refractivity contribution is 9.10. The molecule has 0 saturated carbocycles. The second-order valence-corrected chi connectivity index (χ2v) is 6.15. The van der Waals surface area contributed by atoms with E-state index in [4.69, 9.17) is 0 Å². The number of piperazine rings is 1. The lowest BCUT2D eigenvalue weighted by Crippen LogP contribution is -2.49. The molecule has 1 aromatic heterocycles. The Balaban J connectivity index is 0.00000192. The van der Waals surface area contributed by atoms with Gasteiger partial charge in [-0.25, -0.2) is 9.37 Å². The van der Waals surface area contributed by atoms with Crippen LogP contribution >= 0.6 is 28.3 Å². The van der Waals surface area contributed by atoms with Gasteiger partial charge in [0.05, 0.1) is 5.56 Å². The van der Waals surface area contributed by atoms with Gasteiger partial charge in [0.25, 0.3) is 5.91 Å².